The minimum atomic E-state index is -0.0361. The molecule has 7 nitrogen and oxygen atoms in total. The summed E-state index contributed by atoms with van der Waals surface area (Å²) in [7, 11) is 0. The lowest BCUT2D eigenvalue weighted by molar-refractivity contribution is -0.149. The zero-order valence-corrected chi connectivity index (χ0v) is 47.3. The molecule has 0 spiro atoms. The lowest BCUT2D eigenvalue weighted by Crippen LogP contribution is -2.31. The fourth-order valence-electron chi connectivity index (χ4n) is 9.88. The van der Waals surface area contributed by atoms with Gasteiger partial charge in [-0.2, -0.15) is 0 Å². The van der Waals surface area contributed by atoms with E-state index < -0.39 is 0 Å². The number of carbonyl (C=O) groups is 3. The molecule has 0 aliphatic rings. The number of rotatable bonds is 57. The van der Waals surface area contributed by atoms with E-state index in [-0.39, 0.29) is 23.8 Å². The summed E-state index contributed by atoms with van der Waals surface area (Å²) in [4.78, 5) is 41.2. The van der Waals surface area contributed by atoms with Crippen molar-refractivity contribution in [3.05, 3.63) is 0 Å². The number of hydrogen-bond donors (Lipinski definition) is 0. The second kappa shape index (κ2) is 55.7. The number of nitrogens with zero attached hydrogens (tertiary/aromatic N) is 1. The number of carbonyl (C=O) groups excluding carboxylic acids is 3. The van der Waals surface area contributed by atoms with Crippen LogP contribution in [0.3, 0.4) is 0 Å². The first-order valence-electron chi connectivity index (χ1n) is 31.1. The highest BCUT2D eigenvalue weighted by Crippen LogP contribution is 2.23. The van der Waals surface area contributed by atoms with Gasteiger partial charge in [0.2, 0.25) is 0 Å². The van der Waals surface area contributed by atoms with Gasteiger partial charge in [0, 0.05) is 19.4 Å². The Morgan fingerprint density at radius 1 is 0.319 bits per heavy atom. The molecule has 0 aliphatic heterocycles. The van der Waals surface area contributed by atoms with Crippen LogP contribution in [0.1, 0.15) is 330 Å². The highest BCUT2D eigenvalue weighted by atomic mass is 16.5. The van der Waals surface area contributed by atoms with Gasteiger partial charge in [0.05, 0.1) is 19.1 Å². The predicted molar refractivity (Wildman–Crippen MR) is 297 cm³/mol. The molecule has 0 N–H and O–H groups in total. The zero-order valence-electron chi connectivity index (χ0n) is 47.3. The third-order valence-corrected chi connectivity index (χ3v) is 14.7. The molecule has 0 saturated carbocycles. The number of ether oxygens (including phenoxy) is 3. The van der Waals surface area contributed by atoms with Crippen LogP contribution in [0, 0.1) is 11.8 Å². The van der Waals surface area contributed by atoms with Crippen molar-refractivity contribution < 1.29 is 28.6 Å². The molecule has 0 unspecified atom stereocenters. The molecular weight excluding hydrogens is 855 g/mol. The van der Waals surface area contributed by atoms with Crippen molar-refractivity contribution in [1.29, 1.82) is 0 Å². The Bertz CT molecular complexity index is 1040. The quantitative estimate of drug-likeness (QED) is 0.0341. The molecular formula is C62H121NO6. The molecule has 0 saturated heterocycles. The van der Waals surface area contributed by atoms with Gasteiger partial charge in [0.15, 0.2) is 0 Å². The van der Waals surface area contributed by atoms with E-state index in [1.807, 2.05) is 0 Å². The van der Waals surface area contributed by atoms with Crippen LogP contribution in [0.25, 0.3) is 0 Å². The molecule has 0 heterocycles. The van der Waals surface area contributed by atoms with Crippen LogP contribution in [0.2, 0.25) is 0 Å². The van der Waals surface area contributed by atoms with E-state index in [0.717, 1.165) is 116 Å². The molecule has 0 radical (unpaired) electrons. The zero-order chi connectivity index (χ0) is 50.4. The minimum Gasteiger partial charge on any atom is -0.466 e. The SMILES string of the molecule is CCCCCCCCCOC(=O)CCCCCCCN(CCCCCCC(=O)OCC(CCCCCCCC)CCCCCCCC)CCOC(=O)C(CCCCCCCC)CCCCCCCC. The molecule has 0 aromatic carbocycles. The van der Waals surface area contributed by atoms with E-state index in [4.69, 9.17) is 14.2 Å². The molecule has 0 aromatic rings. The molecule has 0 aromatic heterocycles. The number of hydrogen-bond acceptors (Lipinski definition) is 7. The van der Waals surface area contributed by atoms with Crippen molar-refractivity contribution in [2.24, 2.45) is 11.8 Å². The van der Waals surface area contributed by atoms with Crippen molar-refractivity contribution in [2.45, 2.75) is 330 Å². The van der Waals surface area contributed by atoms with Crippen LogP contribution in [0.4, 0.5) is 0 Å². The summed E-state index contributed by atoms with van der Waals surface area (Å²) in [5.74, 6) is 0.524. The second-order valence-corrected chi connectivity index (χ2v) is 21.5. The molecule has 0 aliphatic carbocycles. The number of esters is 3. The third kappa shape index (κ3) is 49.7. The standard InChI is InChI=1S/C62H121NO6/c1-6-11-16-21-26-36-45-55-67-60(64)50-41-32-27-34-43-52-63(54-56-68-62(66)59(48-39-30-24-19-14-9-4)49-40-31-25-20-15-10-5)53-44-35-33-42-51-61(65)69-57-58(46-37-28-22-17-12-7-2)47-38-29-23-18-13-8-3/h58-59H,6-57H2,1-5H3. The van der Waals surface area contributed by atoms with Gasteiger partial charge < -0.3 is 14.2 Å². The van der Waals surface area contributed by atoms with Gasteiger partial charge in [-0.25, -0.2) is 0 Å². The Balaban J connectivity index is 4.97. The lowest BCUT2D eigenvalue weighted by atomic mass is 9.94. The molecule has 7 heteroatoms. The van der Waals surface area contributed by atoms with Gasteiger partial charge in [-0.05, 0) is 76.8 Å². The maximum absolute atomic E-state index is 13.5. The van der Waals surface area contributed by atoms with Gasteiger partial charge in [0.25, 0.3) is 0 Å². The fourth-order valence-corrected chi connectivity index (χ4v) is 9.88. The van der Waals surface area contributed by atoms with Crippen LogP contribution in [-0.4, -0.2) is 62.3 Å². The molecule has 0 rings (SSSR count). The van der Waals surface area contributed by atoms with E-state index in [1.165, 1.54) is 186 Å². The van der Waals surface area contributed by atoms with E-state index >= 15 is 0 Å². The Hall–Kier alpha value is -1.63. The molecule has 69 heavy (non-hydrogen) atoms. The molecule has 0 amide bonds. The van der Waals surface area contributed by atoms with Gasteiger partial charge in [0.1, 0.15) is 6.61 Å². The van der Waals surface area contributed by atoms with Crippen molar-refractivity contribution in [3.63, 3.8) is 0 Å². The average molecular weight is 977 g/mol. The van der Waals surface area contributed by atoms with Gasteiger partial charge in [-0.15, -0.1) is 0 Å². The second-order valence-electron chi connectivity index (χ2n) is 21.5. The Morgan fingerprint density at radius 3 is 1.07 bits per heavy atom. The topological polar surface area (TPSA) is 82.1 Å². The Kier molecular flexibility index (Phi) is 54.4. The highest BCUT2D eigenvalue weighted by Gasteiger charge is 2.20. The summed E-state index contributed by atoms with van der Waals surface area (Å²) in [6.07, 6.45) is 54.2. The first kappa shape index (κ1) is 67.4. The summed E-state index contributed by atoms with van der Waals surface area (Å²) in [5.41, 5.74) is 0. The van der Waals surface area contributed by atoms with Crippen LogP contribution in [0.15, 0.2) is 0 Å². The van der Waals surface area contributed by atoms with Gasteiger partial charge in [-0.1, -0.05) is 259 Å². The van der Waals surface area contributed by atoms with Crippen molar-refractivity contribution in [3.8, 4) is 0 Å². The average Bonchev–Trinajstić information content (AvgIpc) is 3.35. The summed E-state index contributed by atoms with van der Waals surface area (Å²) in [6.45, 7) is 15.7. The van der Waals surface area contributed by atoms with Gasteiger partial charge in [-0.3, -0.25) is 19.3 Å². The number of unbranched alkanes of at least 4 members (excludes halogenated alkanes) is 33. The van der Waals surface area contributed by atoms with Crippen molar-refractivity contribution in [2.75, 3.05) is 39.5 Å². The van der Waals surface area contributed by atoms with Crippen molar-refractivity contribution in [1.82, 2.24) is 4.90 Å². The van der Waals surface area contributed by atoms with E-state index in [1.54, 1.807) is 0 Å². The maximum atomic E-state index is 13.5. The molecule has 0 bridgehead atoms. The van der Waals surface area contributed by atoms with Gasteiger partial charge >= 0.3 is 17.9 Å². The molecule has 0 atom stereocenters. The lowest BCUT2D eigenvalue weighted by Gasteiger charge is -2.23. The molecule has 0 fully saturated rings. The Morgan fingerprint density at radius 2 is 0.652 bits per heavy atom. The smallest absolute Gasteiger partial charge is 0.308 e. The van der Waals surface area contributed by atoms with Crippen LogP contribution in [0.5, 0.6) is 0 Å². The van der Waals surface area contributed by atoms with E-state index in [9.17, 15) is 14.4 Å². The summed E-state index contributed by atoms with van der Waals surface area (Å²) in [6, 6.07) is 0. The largest absolute Gasteiger partial charge is 0.466 e. The van der Waals surface area contributed by atoms with E-state index in [0.29, 0.717) is 38.6 Å². The Labute approximate surface area is 431 Å². The first-order chi connectivity index (χ1) is 33.9. The van der Waals surface area contributed by atoms with Crippen LogP contribution < -0.4 is 0 Å². The maximum Gasteiger partial charge on any atom is 0.308 e. The van der Waals surface area contributed by atoms with Crippen LogP contribution in [-0.2, 0) is 28.6 Å². The van der Waals surface area contributed by atoms with E-state index in [2.05, 4.69) is 39.5 Å². The summed E-state index contributed by atoms with van der Waals surface area (Å²) in [5, 5.41) is 0. The summed E-state index contributed by atoms with van der Waals surface area (Å²) >= 11 is 0. The third-order valence-electron chi connectivity index (χ3n) is 14.7. The normalized spacial score (nSPS) is 11.7. The fraction of sp³-hybridized carbons (Fsp3) is 0.952. The minimum absolute atomic E-state index is 0.0129. The van der Waals surface area contributed by atoms with Crippen LogP contribution >= 0.6 is 0 Å². The summed E-state index contributed by atoms with van der Waals surface area (Å²) < 4.78 is 17.5. The first-order valence-corrected chi connectivity index (χ1v) is 31.1. The monoisotopic (exact) mass is 976 g/mol. The highest BCUT2D eigenvalue weighted by molar-refractivity contribution is 5.72. The molecule has 410 valence electrons. The predicted octanol–water partition coefficient (Wildman–Crippen LogP) is 19.2. The van der Waals surface area contributed by atoms with Crippen molar-refractivity contribution >= 4 is 17.9 Å².